The van der Waals surface area contributed by atoms with E-state index in [1.165, 1.54) is 22.3 Å². The average molecular weight is 429 g/mol. The van der Waals surface area contributed by atoms with Crippen molar-refractivity contribution in [3.8, 4) is 5.75 Å². The highest BCUT2D eigenvalue weighted by atomic mass is 16.5. The molecule has 0 aliphatic carbocycles. The maximum atomic E-state index is 12.7. The molecule has 4 nitrogen and oxygen atoms in total. The SMILES string of the molecule is COc1ccc2c(c1)CCCN(CC(=O)NCCC(c1ccccc1)c1ccccc1)C2. The first-order valence-electron chi connectivity index (χ1n) is 11.5. The van der Waals surface area contributed by atoms with E-state index < -0.39 is 0 Å². The van der Waals surface area contributed by atoms with E-state index in [2.05, 4.69) is 70.9 Å². The Labute approximate surface area is 191 Å². The number of carbonyl (C=O) groups is 1. The summed E-state index contributed by atoms with van der Waals surface area (Å²) in [4.78, 5) is 15.0. The monoisotopic (exact) mass is 428 g/mol. The van der Waals surface area contributed by atoms with E-state index >= 15 is 0 Å². The van der Waals surface area contributed by atoms with Gasteiger partial charge in [0.15, 0.2) is 0 Å². The van der Waals surface area contributed by atoms with Crippen molar-refractivity contribution in [3.63, 3.8) is 0 Å². The second-order valence-corrected chi connectivity index (χ2v) is 8.46. The minimum Gasteiger partial charge on any atom is -0.497 e. The van der Waals surface area contributed by atoms with Crippen LogP contribution in [0.5, 0.6) is 5.75 Å². The van der Waals surface area contributed by atoms with E-state index in [-0.39, 0.29) is 11.8 Å². The van der Waals surface area contributed by atoms with Gasteiger partial charge in [-0.3, -0.25) is 9.69 Å². The first kappa shape index (κ1) is 22.1. The quantitative estimate of drug-likeness (QED) is 0.561. The van der Waals surface area contributed by atoms with Crippen LogP contribution in [0.1, 0.15) is 41.0 Å². The van der Waals surface area contributed by atoms with E-state index in [4.69, 9.17) is 4.74 Å². The molecule has 1 aliphatic heterocycles. The number of hydrogen-bond acceptors (Lipinski definition) is 3. The molecule has 32 heavy (non-hydrogen) atoms. The van der Waals surface area contributed by atoms with Crippen LogP contribution in [0, 0.1) is 0 Å². The van der Waals surface area contributed by atoms with Crippen molar-refractivity contribution in [2.75, 3.05) is 26.7 Å². The number of carbonyl (C=O) groups excluding carboxylic acids is 1. The normalized spacial score (nSPS) is 13.9. The molecule has 166 valence electrons. The molecule has 0 fully saturated rings. The largest absolute Gasteiger partial charge is 0.497 e. The molecular weight excluding hydrogens is 396 g/mol. The number of benzene rings is 3. The van der Waals surface area contributed by atoms with Crippen molar-refractivity contribution in [2.45, 2.75) is 31.7 Å². The van der Waals surface area contributed by atoms with Gasteiger partial charge in [0.1, 0.15) is 5.75 Å². The molecule has 0 spiro atoms. The summed E-state index contributed by atoms with van der Waals surface area (Å²) >= 11 is 0. The lowest BCUT2D eigenvalue weighted by molar-refractivity contribution is -0.122. The molecule has 0 saturated heterocycles. The van der Waals surface area contributed by atoms with Gasteiger partial charge in [-0.1, -0.05) is 66.7 Å². The molecule has 0 bridgehead atoms. The molecule has 3 aromatic carbocycles. The molecule has 3 aromatic rings. The maximum absolute atomic E-state index is 12.7. The predicted octanol–water partition coefficient (Wildman–Crippen LogP) is 4.78. The summed E-state index contributed by atoms with van der Waals surface area (Å²) in [6.45, 7) is 2.84. The van der Waals surface area contributed by atoms with Crippen molar-refractivity contribution in [3.05, 3.63) is 101 Å². The second-order valence-electron chi connectivity index (χ2n) is 8.46. The van der Waals surface area contributed by atoms with Gasteiger partial charge in [-0.2, -0.15) is 0 Å². The number of amides is 1. The summed E-state index contributed by atoms with van der Waals surface area (Å²) in [6.07, 6.45) is 2.96. The number of ether oxygens (including phenoxy) is 1. The van der Waals surface area contributed by atoms with Gasteiger partial charge < -0.3 is 10.1 Å². The summed E-state index contributed by atoms with van der Waals surface area (Å²) in [5.41, 5.74) is 5.20. The molecule has 4 rings (SSSR count). The molecule has 1 heterocycles. The van der Waals surface area contributed by atoms with Crippen LogP contribution >= 0.6 is 0 Å². The van der Waals surface area contributed by atoms with Crippen molar-refractivity contribution < 1.29 is 9.53 Å². The van der Waals surface area contributed by atoms with E-state index in [0.29, 0.717) is 13.1 Å². The van der Waals surface area contributed by atoms with Crippen LogP contribution in [0.3, 0.4) is 0 Å². The third-order valence-electron chi connectivity index (χ3n) is 6.25. The first-order valence-corrected chi connectivity index (χ1v) is 11.5. The van der Waals surface area contributed by atoms with Crippen LogP contribution in [0.2, 0.25) is 0 Å². The molecule has 0 atom stereocenters. The van der Waals surface area contributed by atoms with Gasteiger partial charge in [0.05, 0.1) is 13.7 Å². The van der Waals surface area contributed by atoms with Gasteiger partial charge in [0.2, 0.25) is 5.91 Å². The van der Waals surface area contributed by atoms with Crippen LogP contribution in [-0.4, -0.2) is 37.6 Å². The topological polar surface area (TPSA) is 41.6 Å². The molecule has 0 radical (unpaired) electrons. The Morgan fingerprint density at radius 2 is 1.66 bits per heavy atom. The van der Waals surface area contributed by atoms with Crippen molar-refractivity contribution in [1.29, 1.82) is 0 Å². The Balaban J connectivity index is 1.33. The van der Waals surface area contributed by atoms with Gasteiger partial charge in [0.25, 0.3) is 0 Å². The lowest BCUT2D eigenvalue weighted by atomic mass is 9.88. The average Bonchev–Trinajstić information content (AvgIpc) is 3.04. The number of aryl methyl sites for hydroxylation is 1. The van der Waals surface area contributed by atoms with Gasteiger partial charge in [-0.25, -0.2) is 0 Å². The molecule has 1 aliphatic rings. The smallest absolute Gasteiger partial charge is 0.234 e. The lowest BCUT2D eigenvalue weighted by Gasteiger charge is -2.21. The van der Waals surface area contributed by atoms with Crippen LogP contribution in [0.15, 0.2) is 78.9 Å². The Bertz CT molecular complexity index is 965. The fourth-order valence-electron chi connectivity index (χ4n) is 4.58. The molecule has 0 aromatic heterocycles. The van der Waals surface area contributed by atoms with Gasteiger partial charge >= 0.3 is 0 Å². The summed E-state index contributed by atoms with van der Waals surface area (Å²) in [7, 11) is 1.70. The van der Waals surface area contributed by atoms with Gasteiger partial charge in [-0.15, -0.1) is 0 Å². The van der Waals surface area contributed by atoms with Crippen LogP contribution in [-0.2, 0) is 17.8 Å². The zero-order valence-corrected chi connectivity index (χ0v) is 18.8. The minimum atomic E-state index is 0.0989. The second kappa shape index (κ2) is 11.0. The molecule has 0 unspecified atom stereocenters. The number of methoxy groups -OCH3 is 1. The summed E-state index contributed by atoms with van der Waals surface area (Å²) in [6, 6.07) is 27.4. The molecular formula is C28H32N2O2. The third kappa shape index (κ3) is 5.77. The Hall–Kier alpha value is -3.11. The highest BCUT2D eigenvalue weighted by molar-refractivity contribution is 5.78. The minimum absolute atomic E-state index is 0.0989. The number of nitrogens with one attached hydrogen (secondary N) is 1. The van der Waals surface area contributed by atoms with Crippen molar-refractivity contribution in [1.82, 2.24) is 10.2 Å². The highest BCUT2D eigenvalue weighted by Crippen LogP contribution is 2.27. The molecule has 1 amide bonds. The van der Waals surface area contributed by atoms with Crippen LogP contribution in [0.4, 0.5) is 0 Å². The number of hydrogen-bond donors (Lipinski definition) is 1. The summed E-state index contributed by atoms with van der Waals surface area (Å²) < 4.78 is 5.36. The zero-order chi connectivity index (χ0) is 22.2. The van der Waals surface area contributed by atoms with E-state index in [0.717, 1.165) is 38.1 Å². The zero-order valence-electron chi connectivity index (χ0n) is 18.8. The van der Waals surface area contributed by atoms with E-state index in [9.17, 15) is 4.79 Å². The first-order chi connectivity index (χ1) is 15.7. The van der Waals surface area contributed by atoms with E-state index in [1.54, 1.807) is 7.11 Å². The number of nitrogens with zero attached hydrogens (tertiary/aromatic N) is 1. The highest BCUT2D eigenvalue weighted by Gasteiger charge is 2.18. The molecule has 4 heteroatoms. The standard InChI is InChI=1S/C28H32N2O2/c1-32-26-15-14-25-20-30(18-8-13-24(25)19-26)21-28(31)29-17-16-27(22-9-4-2-5-10-22)23-11-6-3-7-12-23/h2-7,9-12,14-15,19,27H,8,13,16-18,20-21H2,1H3,(H,29,31). The number of rotatable bonds is 8. The van der Waals surface area contributed by atoms with E-state index in [1.807, 2.05) is 18.2 Å². The van der Waals surface area contributed by atoms with Crippen molar-refractivity contribution in [2.24, 2.45) is 0 Å². The maximum Gasteiger partial charge on any atom is 0.234 e. The summed E-state index contributed by atoms with van der Waals surface area (Å²) in [5, 5.41) is 3.16. The molecule has 0 saturated carbocycles. The lowest BCUT2D eigenvalue weighted by Crippen LogP contribution is -2.37. The predicted molar refractivity (Wildman–Crippen MR) is 129 cm³/mol. The van der Waals surface area contributed by atoms with Crippen LogP contribution < -0.4 is 10.1 Å². The third-order valence-corrected chi connectivity index (χ3v) is 6.25. The van der Waals surface area contributed by atoms with Gasteiger partial charge in [-0.05, 0) is 60.2 Å². The van der Waals surface area contributed by atoms with Crippen molar-refractivity contribution >= 4 is 5.91 Å². The van der Waals surface area contributed by atoms with Gasteiger partial charge in [0, 0.05) is 19.0 Å². The Kier molecular flexibility index (Phi) is 7.57. The fraction of sp³-hybridized carbons (Fsp3) is 0.321. The summed E-state index contributed by atoms with van der Waals surface area (Å²) in [5.74, 6) is 1.28. The van der Waals surface area contributed by atoms with Crippen LogP contribution in [0.25, 0.3) is 0 Å². The Morgan fingerprint density at radius 1 is 0.969 bits per heavy atom. The molecule has 1 N–H and O–H groups in total. The Morgan fingerprint density at radius 3 is 2.31 bits per heavy atom. The number of fused-ring (bicyclic) bond motifs is 1. The fourth-order valence-corrected chi connectivity index (χ4v) is 4.58.